The lowest BCUT2D eigenvalue weighted by molar-refractivity contribution is -0.384. The van der Waals surface area contributed by atoms with E-state index >= 15 is 0 Å². The summed E-state index contributed by atoms with van der Waals surface area (Å²) in [6.45, 7) is 0. The fourth-order valence-electron chi connectivity index (χ4n) is 2.00. The maximum absolute atomic E-state index is 11.6. The Hall–Kier alpha value is -2.15. The first-order valence-corrected chi connectivity index (χ1v) is 5.95. The summed E-state index contributed by atoms with van der Waals surface area (Å²) < 4.78 is 0. The van der Waals surface area contributed by atoms with Crippen LogP contribution in [0, 0.1) is 27.9 Å². The number of carbonyl (C=O) groups excluding carboxylic acids is 1. The Kier molecular flexibility index (Phi) is 3.73. The summed E-state index contributed by atoms with van der Waals surface area (Å²) in [5.74, 6) is 5.79. The number of nitro groups is 1. The number of ketones is 1. The maximum Gasteiger partial charge on any atom is 0.270 e. The molecule has 2 rings (SSSR count). The number of hydrogen-bond acceptors (Lipinski definition) is 3. The van der Waals surface area contributed by atoms with E-state index in [-0.39, 0.29) is 17.4 Å². The van der Waals surface area contributed by atoms with Gasteiger partial charge in [-0.25, -0.2) is 0 Å². The average molecular weight is 243 g/mol. The molecule has 1 aromatic rings. The maximum atomic E-state index is 11.6. The molecule has 4 heteroatoms. The molecule has 1 aliphatic rings. The number of nitrogens with zero attached hydrogens (tertiary/aromatic N) is 1. The third kappa shape index (κ3) is 2.95. The van der Waals surface area contributed by atoms with Crippen molar-refractivity contribution >= 4 is 11.5 Å². The Morgan fingerprint density at radius 1 is 1.33 bits per heavy atom. The summed E-state index contributed by atoms with van der Waals surface area (Å²) in [6.07, 6.45) is 3.39. The number of benzene rings is 1. The van der Waals surface area contributed by atoms with Crippen molar-refractivity contribution in [2.24, 2.45) is 5.92 Å². The zero-order valence-corrected chi connectivity index (χ0v) is 9.89. The lowest BCUT2D eigenvalue weighted by Crippen LogP contribution is -2.16. The van der Waals surface area contributed by atoms with Crippen molar-refractivity contribution < 1.29 is 9.72 Å². The van der Waals surface area contributed by atoms with Crippen LogP contribution in [0.4, 0.5) is 5.69 Å². The monoisotopic (exact) mass is 243 g/mol. The Labute approximate surface area is 105 Å². The van der Waals surface area contributed by atoms with Crippen LogP contribution in [0.2, 0.25) is 0 Å². The highest BCUT2D eigenvalue weighted by Crippen LogP contribution is 2.20. The van der Waals surface area contributed by atoms with Gasteiger partial charge >= 0.3 is 0 Å². The van der Waals surface area contributed by atoms with Gasteiger partial charge in [0.05, 0.1) is 10.8 Å². The van der Waals surface area contributed by atoms with Gasteiger partial charge in [0.2, 0.25) is 0 Å². The Morgan fingerprint density at radius 2 is 2.17 bits per heavy atom. The van der Waals surface area contributed by atoms with Crippen molar-refractivity contribution in [1.29, 1.82) is 0 Å². The summed E-state index contributed by atoms with van der Waals surface area (Å²) in [4.78, 5) is 21.7. The van der Waals surface area contributed by atoms with Crippen molar-refractivity contribution in [2.75, 3.05) is 0 Å². The van der Waals surface area contributed by atoms with Crippen LogP contribution in [0.5, 0.6) is 0 Å². The van der Waals surface area contributed by atoms with Crippen molar-refractivity contribution in [3.8, 4) is 11.8 Å². The van der Waals surface area contributed by atoms with E-state index in [9.17, 15) is 14.9 Å². The van der Waals surface area contributed by atoms with Crippen molar-refractivity contribution in [3.63, 3.8) is 0 Å². The summed E-state index contributed by atoms with van der Waals surface area (Å²) in [5, 5.41) is 10.6. The SMILES string of the molecule is O=C1CCCCC1C#Cc1cccc([N+](=O)[O-])c1. The van der Waals surface area contributed by atoms with Gasteiger partial charge in [-0.2, -0.15) is 0 Å². The van der Waals surface area contributed by atoms with Gasteiger partial charge in [0.25, 0.3) is 5.69 Å². The van der Waals surface area contributed by atoms with Gasteiger partial charge in [-0.05, 0) is 18.9 Å². The van der Waals surface area contributed by atoms with Crippen molar-refractivity contribution in [1.82, 2.24) is 0 Å². The van der Waals surface area contributed by atoms with E-state index in [1.807, 2.05) is 0 Å². The minimum absolute atomic E-state index is 0.0248. The molecule has 0 amide bonds. The van der Waals surface area contributed by atoms with E-state index in [0.29, 0.717) is 12.0 Å². The van der Waals surface area contributed by atoms with Crippen LogP contribution in [-0.2, 0) is 4.79 Å². The first kappa shape index (κ1) is 12.3. The smallest absolute Gasteiger partial charge is 0.270 e. The summed E-state index contributed by atoms with van der Waals surface area (Å²) in [5.41, 5.74) is 0.611. The molecule has 18 heavy (non-hydrogen) atoms. The normalized spacial score (nSPS) is 18.9. The zero-order valence-electron chi connectivity index (χ0n) is 9.89. The molecular weight excluding hydrogens is 230 g/mol. The Bertz CT molecular complexity index is 539. The van der Waals surface area contributed by atoms with E-state index in [0.717, 1.165) is 19.3 Å². The molecule has 0 aliphatic heterocycles. The third-order valence-electron chi connectivity index (χ3n) is 3.00. The van der Waals surface area contributed by atoms with E-state index < -0.39 is 4.92 Å². The van der Waals surface area contributed by atoms with Crippen molar-refractivity contribution in [3.05, 3.63) is 39.9 Å². The fraction of sp³-hybridized carbons (Fsp3) is 0.357. The second kappa shape index (κ2) is 5.46. The number of hydrogen-bond donors (Lipinski definition) is 0. The Morgan fingerprint density at radius 3 is 2.89 bits per heavy atom. The minimum atomic E-state index is -0.447. The predicted molar refractivity (Wildman–Crippen MR) is 66.9 cm³/mol. The molecule has 1 aromatic carbocycles. The van der Waals surface area contributed by atoms with Crippen LogP contribution in [0.15, 0.2) is 24.3 Å². The van der Waals surface area contributed by atoms with Crippen molar-refractivity contribution in [2.45, 2.75) is 25.7 Å². The molecule has 0 spiro atoms. The van der Waals surface area contributed by atoms with E-state index in [2.05, 4.69) is 11.8 Å². The van der Waals surface area contributed by atoms with Crippen LogP contribution < -0.4 is 0 Å². The molecule has 0 bridgehead atoms. The quantitative estimate of drug-likeness (QED) is 0.433. The molecule has 0 aromatic heterocycles. The second-order valence-electron chi connectivity index (χ2n) is 4.34. The van der Waals surface area contributed by atoms with Gasteiger partial charge in [-0.3, -0.25) is 14.9 Å². The summed E-state index contributed by atoms with van der Waals surface area (Å²) in [7, 11) is 0. The molecule has 1 unspecified atom stereocenters. The molecule has 0 radical (unpaired) electrons. The average Bonchev–Trinajstić information content (AvgIpc) is 2.38. The third-order valence-corrected chi connectivity index (χ3v) is 3.00. The molecule has 0 heterocycles. The first-order chi connectivity index (χ1) is 8.66. The molecule has 1 atom stereocenters. The summed E-state index contributed by atoms with van der Waals surface area (Å²) >= 11 is 0. The largest absolute Gasteiger partial charge is 0.298 e. The van der Waals surface area contributed by atoms with Gasteiger partial charge in [-0.15, -0.1) is 0 Å². The number of nitro benzene ring substituents is 1. The molecular formula is C14H13NO3. The van der Waals surface area contributed by atoms with Gasteiger partial charge in [-0.1, -0.05) is 24.3 Å². The molecule has 0 saturated heterocycles. The predicted octanol–water partition coefficient (Wildman–Crippen LogP) is 2.71. The highest BCUT2D eigenvalue weighted by atomic mass is 16.6. The highest BCUT2D eigenvalue weighted by Gasteiger charge is 2.19. The number of Topliss-reactive ketones (excluding diaryl/α,β-unsaturated/α-hetero) is 1. The second-order valence-corrected chi connectivity index (χ2v) is 4.34. The zero-order chi connectivity index (χ0) is 13.0. The van der Waals surface area contributed by atoms with Crippen LogP contribution in [0.25, 0.3) is 0 Å². The summed E-state index contributed by atoms with van der Waals surface area (Å²) in [6, 6.07) is 6.18. The molecule has 0 N–H and O–H groups in total. The standard InChI is InChI=1S/C14H13NO3/c16-14-7-2-1-5-12(14)9-8-11-4-3-6-13(10-11)15(17)18/h3-4,6,10,12H,1-2,5,7H2. The molecule has 1 saturated carbocycles. The van der Waals surface area contributed by atoms with E-state index in [4.69, 9.17) is 0 Å². The minimum Gasteiger partial charge on any atom is -0.298 e. The van der Waals surface area contributed by atoms with Crippen LogP contribution in [0.3, 0.4) is 0 Å². The lowest BCUT2D eigenvalue weighted by Gasteiger charge is -2.14. The van der Waals surface area contributed by atoms with Crippen LogP contribution >= 0.6 is 0 Å². The van der Waals surface area contributed by atoms with Gasteiger partial charge in [0, 0.05) is 24.1 Å². The van der Waals surface area contributed by atoms with Crippen LogP contribution in [0.1, 0.15) is 31.2 Å². The Balaban J connectivity index is 2.16. The first-order valence-electron chi connectivity index (χ1n) is 5.95. The van der Waals surface area contributed by atoms with E-state index in [1.165, 1.54) is 12.1 Å². The number of rotatable bonds is 1. The van der Waals surface area contributed by atoms with E-state index in [1.54, 1.807) is 12.1 Å². The fourth-order valence-corrected chi connectivity index (χ4v) is 2.00. The van der Waals surface area contributed by atoms with Gasteiger partial charge < -0.3 is 0 Å². The van der Waals surface area contributed by atoms with Gasteiger partial charge in [0.1, 0.15) is 5.78 Å². The molecule has 92 valence electrons. The molecule has 1 aliphatic carbocycles. The number of non-ortho nitro benzene ring substituents is 1. The lowest BCUT2D eigenvalue weighted by atomic mass is 9.88. The topological polar surface area (TPSA) is 60.2 Å². The number of carbonyl (C=O) groups is 1. The van der Waals surface area contributed by atoms with Crippen LogP contribution in [-0.4, -0.2) is 10.7 Å². The van der Waals surface area contributed by atoms with Gasteiger partial charge in [0.15, 0.2) is 0 Å². The molecule has 4 nitrogen and oxygen atoms in total. The highest BCUT2D eigenvalue weighted by molar-refractivity contribution is 5.84. The molecule has 1 fully saturated rings.